The Hall–Kier alpha value is -3.35. The summed E-state index contributed by atoms with van der Waals surface area (Å²) in [4.78, 5) is 35.0. The molecular formula is C19H22N4O3. The zero-order chi connectivity index (χ0) is 19.1. The molecule has 0 radical (unpaired) electrons. The highest BCUT2D eigenvalue weighted by atomic mass is 16.2. The monoisotopic (exact) mass is 354 g/mol. The second kappa shape index (κ2) is 8.66. The first-order valence-electron chi connectivity index (χ1n) is 8.19. The first-order chi connectivity index (χ1) is 12.3. The van der Waals surface area contributed by atoms with E-state index in [1.54, 1.807) is 48.5 Å². The largest absolute Gasteiger partial charge is 0.366 e. The van der Waals surface area contributed by atoms with Crippen molar-refractivity contribution in [3.05, 3.63) is 65.2 Å². The molecule has 4 amide bonds. The fourth-order valence-electron chi connectivity index (χ4n) is 2.25. The summed E-state index contributed by atoms with van der Waals surface area (Å²) >= 11 is 0. The molecule has 2 aromatic rings. The van der Waals surface area contributed by atoms with Crippen LogP contribution >= 0.6 is 0 Å². The first-order valence-corrected chi connectivity index (χ1v) is 8.19. The van der Waals surface area contributed by atoms with Gasteiger partial charge < -0.3 is 21.7 Å². The molecule has 2 rings (SSSR count). The fraction of sp³-hybridized carbons (Fsp3) is 0.211. The van der Waals surface area contributed by atoms with Gasteiger partial charge in [-0.15, -0.1) is 0 Å². The SMILES string of the molecule is CC(C)NC(=O)Nc1ccc(C(=O)NCc2cccc(C(N)=O)c2)cc1. The van der Waals surface area contributed by atoms with E-state index in [4.69, 9.17) is 5.73 Å². The number of amides is 4. The maximum absolute atomic E-state index is 12.2. The molecule has 136 valence electrons. The lowest BCUT2D eigenvalue weighted by molar-refractivity contribution is 0.0950. The minimum atomic E-state index is -0.511. The normalized spacial score (nSPS) is 10.3. The number of rotatable bonds is 6. The van der Waals surface area contributed by atoms with E-state index in [2.05, 4.69) is 16.0 Å². The van der Waals surface area contributed by atoms with E-state index in [-0.39, 0.29) is 24.5 Å². The van der Waals surface area contributed by atoms with Gasteiger partial charge in [0.15, 0.2) is 0 Å². The average Bonchev–Trinajstić information content (AvgIpc) is 2.59. The van der Waals surface area contributed by atoms with Gasteiger partial charge in [0.2, 0.25) is 5.91 Å². The van der Waals surface area contributed by atoms with E-state index in [9.17, 15) is 14.4 Å². The van der Waals surface area contributed by atoms with Crippen LogP contribution in [0.3, 0.4) is 0 Å². The van der Waals surface area contributed by atoms with Crippen molar-refractivity contribution in [2.75, 3.05) is 5.32 Å². The lowest BCUT2D eigenvalue weighted by Gasteiger charge is -2.11. The van der Waals surface area contributed by atoms with Crippen LogP contribution in [-0.2, 0) is 6.54 Å². The summed E-state index contributed by atoms with van der Waals surface area (Å²) in [7, 11) is 0. The second-order valence-corrected chi connectivity index (χ2v) is 6.08. The number of hydrogen-bond acceptors (Lipinski definition) is 3. The Morgan fingerprint density at radius 3 is 2.31 bits per heavy atom. The van der Waals surface area contributed by atoms with E-state index < -0.39 is 5.91 Å². The molecule has 0 bridgehead atoms. The third-order valence-electron chi connectivity index (χ3n) is 3.49. The number of benzene rings is 2. The van der Waals surface area contributed by atoms with Gasteiger partial charge in [-0.05, 0) is 55.8 Å². The van der Waals surface area contributed by atoms with Gasteiger partial charge >= 0.3 is 6.03 Å². The predicted molar refractivity (Wildman–Crippen MR) is 99.9 cm³/mol. The number of carbonyl (C=O) groups is 3. The molecule has 0 aliphatic rings. The molecule has 0 heterocycles. The molecule has 2 aromatic carbocycles. The highest BCUT2D eigenvalue weighted by Gasteiger charge is 2.08. The Labute approximate surface area is 152 Å². The Morgan fingerprint density at radius 2 is 1.69 bits per heavy atom. The molecule has 0 unspecified atom stereocenters. The molecule has 26 heavy (non-hydrogen) atoms. The topological polar surface area (TPSA) is 113 Å². The van der Waals surface area contributed by atoms with Gasteiger partial charge in [0, 0.05) is 29.4 Å². The molecule has 0 spiro atoms. The standard InChI is InChI=1S/C19H22N4O3/c1-12(2)22-19(26)23-16-8-6-14(7-9-16)18(25)21-11-13-4-3-5-15(10-13)17(20)24/h3-10,12H,11H2,1-2H3,(H2,20,24)(H,21,25)(H2,22,23,26). The summed E-state index contributed by atoms with van der Waals surface area (Å²) in [5.41, 5.74) is 7.47. The molecule has 0 fully saturated rings. The molecule has 0 atom stereocenters. The van der Waals surface area contributed by atoms with Crippen molar-refractivity contribution in [1.29, 1.82) is 0 Å². The van der Waals surface area contributed by atoms with Crippen LogP contribution in [0.2, 0.25) is 0 Å². The molecule has 0 saturated heterocycles. The van der Waals surface area contributed by atoms with Gasteiger partial charge in [-0.2, -0.15) is 0 Å². The maximum Gasteiger partial charge on any atom is 0.319 e. The summed E-state index contributed by atoms with van der Waals surface area (Å²) in [5, 5.41) is 8.18. The summed E-state index contributed by atoms with van der Waals surface area (Å²) in [6.45, 7) is 4.01. The molecule has 0 aliphatic carbocycles. The minimum absolute atomic E-state index is 0.0353. The van der Waals surface area contributed by atoms with Gasteiger partial charge in [-0.25, -0.2) is 4.79 Å². The summed E-state index contributed by atoms with van der Waals surface area (Å²) in [6, 6.07) is 13.1. The van der Waals surface area contributed by atoms with Crippen molar-refractivity contribution >= 4 is 23.5 Å². The predicted octanol–water partition coefficient (Wildman–Crippen LogP) is 2.25. The minimum Gasteiger partial charge on any atom is -0.366 e. The Kier molecular flexibility index (Phi) is 6.32. The van der Waals surface area contributed by atoms with E-state index >= 15 is 0 Å². The van der Waals surface area contributed by atoms with Gasteiger partial charge in [0.1, 0.15) is 0 Å². The Bertz CT molecular complexity index is 801. The van der Waals surface area contributed by atoms with Crippen LogP contribution < -0.4 is 21.7 Å². The van der Waals surface area contributed by atoms with Crippen LogP contribution in [0.25, 0.3) is 0 Å². The lowest BCUT2D eigenvalue weighted by Crippen LogP contribution is -2.34. The molecule has 5 N–H and O–H groups in total. The second-order valence-electron chi connectivity index (χ2n) is 6.08. The summed E-state index contributed by atoms with van der Waals surface area (Å²) < 4.78 is 0. The highest BCUT2D eigenvalue weighted by Crippen LogP contribution is 2.10. The van der Waals surface area contributed by atoms with Crippen LogP contribution in [0, 0.1) is 0 Å². The van der Waals surface area contributed by atoms with Crippen molar-refractivity contribution < 1.29 is 14.4 Å². The van der Waals surface area contributed by atoms with Crippen molar-refractivity contribution in [3.8, 4) is 0 Å². The van der Waals surface area contributed by atoms with Crippen molar-refractivity contribution in [1.82, 2.24) is 10.6 Å². The lowest BCUT2D eigenvalue weighted by atomic mass is 10.1. The van der Waals surface area contributed by atoms with Crippen LogP contribution in [-0.4, -0.2) is 23.9 Å². The molecule has 7 heteroatoms. The molecule has 7 nitrogen and oxygen atoms in total. The van der Waals surface area contributed by atoms with Gasteiger partial charge in [-0.3, -0.25) is 9.59 Å². The van der Waals surface area contributed by atoms with Crippen molar-refractivity contribution in [2.24, 2.45) is 5.73 Å². The number of hydrogen-bond donors (Lipinski definition) is 4. The number of anilines is 1. The first kappa shape index (κ1) is 19.0. The number of nitrogens with one attached hydrogen (secondary N) is 3. The quantitative estimate of drug-likeness (QED) is 0.638. The number of urea groups is 1. The van der Waals surface area contributed by atoms with Crippen molar-refractivity contribution in [2.45, 2.75) is 26.4 Å². The zero-order valence-electron chi connectivity index (χ0n) is 14.7. The van der Waals surface area contributed by atoms with Crippen molar-refractivity contribution in [3.63, 3.8) is 0 Å². The Balaban J connectivity index is 1.92. The molecular weight excluding hydrogens is 332 g/mol. The molecule has 0 saturated carbocycles. The van der Waals surface area contributed by atoms with Crippen LogP contribution in [0.5, 0.6) is 0 Å². The van der Waals surface area contributed by atoms with Gasteiger partial charge in [0.05, 0.1) is 0 Å². The maximum atomic E-state index is 12.2. The highest BCUT2D eigenvalue weighted by molar-refractivity contribution is 5.95. The fourth-order valence-corrected chi connectivity index (χ4v) is 2.25. The number of primary amides is 1. The smallest absolute Gasteiger partial charge is 0.319 e. The van der Waals surface area contributed by atoms with Crippen LogP contribution in [0.15, 0.2) is 48.5 Å². The van der Waals surface area contributed by atoms with E-state index in [1.165, 1.54) is 0 Å². The van der Waals surface area contributed by atoms with Crippen LogP contribution in [0.1, 0.15) is 40.1 Å². The zero-order valence-corrected chi connectivity index (χ0v) is 14.7. The van der Waals surface area contributed by atoms with Gasteiger partial charge in [0.25, 0.3) is 5.91 Å². The molecule has 0 aliphatic heterocycles. The number of nitrogens with two attached hydrogens (primary N) is 1. The average molecular weight is 354 g/mol. The van der Waals surface area contributed by atoms with Gasteiger partial charge in [-0.1, -0.05) is 12.1 Å². The van der Waals surface area contributed by atoms with E-state index in [0.717, 1.165) is 5.56 Å². The van der Waals surface area contributed by atoms with E-state index in [0.29, 0.717) is 16.8 Å². The molecule has 0 aromatic heterocycles. The summed E-state index contributed by atoms with van der Waals surface area (Å²) in [5.74, 6) is -0.768. The summed E-state index contributed by atoms with van der Waals surface area (Å²) in [6.07, 6.45) is 0. The third-order valence-corrected chi connectivity index (χ3v) is 3.49. The number of carbonyl (C=O) groups excluding carboxylic acids is 3. The Morgan fingerprint density at radius 1 is 1.00 bits per heavy atom. The van der Waals surface area contributed by atoms with Crippen LogP contribution in [0.4, 0.5) is 10.5 Å². The van der Waals surface area contributed by atoms with E-state index in [1.807, 2.05) is 13.8 Å². The third kappa shape index (κ3) is 5.62.